The van der Waals surface area contributed by atoms with Gasteiger partial charge in [0.2, 0.25) is 17.6 Å². The number of para-hydroxylation sites is 1. The first-order valence-corrected chi connectivity index (χ1v) is 29.2. The van der Waals surface area contributed by atoms with Gasteiger partial charge < -0.3 is 45.0 Å². The number of nitrogens with two attached hydrogens (primary N) is 1. The molecule has 0 spiro atoms. The molecular weight excluding hydrogens is 987 g/mol. The third-order valence-corrected chi connectivity index (χ3v) is 18.2. The summed E-state index contributed by atoms with van der Waals surface area (Å²) in [5.41, 5.74) is 13.3. The summed E-state index contributed by atoms with van der Waals surface area (Å²) >= 11 is 1.63. The van der Waals surface area contributed by atoms with E-state index in [9.17, 15) is 14.7 Å². The number of hydrogen-bond donors (Lipinski definition) is 3. The highest BCUT2D eigenvalue weighted by Gasteiger charge is 2.41. The highest BCUT2D eigenvalue weighted by molar-refractivity contribution is 7.13. The van der Waals surface area contributed by atoms with Crippen molar-refractivity contribution >= 4 is 40.6 Å². The number of imidazole rings is 1. The van der Waals surface area contributed by atoms with Gasteiger partial charge in [0.05, 0.1) is 45.6 Å². The number of aryl methyl sites for hydroxylation is 1. The molecule has 2 aromatic carbocycles. The van der Waals surface area contributed by atoms with Crippen LogP contribution in [-0.2, 0) is 14.3 Å². The minimum atomic E-state index is -0.520. The number of ether oxygens (including phenoxy) is 1. The number of likely N-dealkylation sites (tertiary alicyclic amines) is 3. The molecule has 16 nitrogen and oxygen atoms in total. The van der Waals surface area contributed by atoms with Crippen LogP contribution in [0.5, 0.6) is 5.75 Å². The second kappa shape index (κ2) is 23.3. The number of thiazole rings is 1. The van der Waals surface area contributed by atoms with Crippen molar-refractivity contribution in [1.82, 2.24) is 44.5 Å². The SMILES string of the molecule is Cc1ncsc1-c1ccc(C(C)NC(=O)C2CCCN2C(=O)C(c2cc(N3CCC(CN4CCC(OC5CC(N6CCC(CC#Cc7cn8cc(-c9ccccc9O)nc8nc7N)CC6)C5)CC4)CC3)no2)C(C)C)cc1. The maximum atomic E-state index is 14.4. The zero-order chi connectivity index (χ0) is 53.2. The number of rotatable bonds is 15. The summed E-state index contributed by atoms with van der Waals surface area (Å²) in [6, 6.07) is 17.3. The van der Waals surface area contributed by atoms with Crippen molar-refractivity contribution in [3.63, 3.8) is 0 Å². The number of aromatic hydroxyl groups is 1. The molecule has 77 heavy (non-hydrogen) atoms. The Hall–Kier alpha value is -6.32. The van der Waals surface area contributed by atoms with Crippen LogP contribution < -0.4 is 16.0 Å². The van der Waals surface area contributed by atoms with E-state index in [4.69, 9.17) is 15.0 Å². The van der Waals surface area contributed by atoms with E-state index in [1.807, 2.05) is 68.2 Å². The average Bonchev–Trinajstić information content (AvgIpc) is 4.29. The van der Waals surface area contributed by atoms with Crippen LogP contribution in [0, 0.1) is 36.5 Å². The molecule has 17 heteroatoms. The van der Waals surface area contributed by atoms with Crippen molar-refractivity contribution in [2.75, 3.05) is 63.0 Å². The summed E-state index contributed by atoms with van der Waals surface area (Å²) < 4.78 is 14.5. The molecule has 11 rings (SSSR count). The quantitative estimate of drug-likeness (QED) is 0.0829. The first kappa shape index (κ1) is 52.7. The van der Waals surface area contributed by atoms with Gasteiger partial charge in [-0.25, -0.2) is 9.97 Å². The minimum Gasteiger partial charge on any atom is -0.507 e. The Morgan fingerprint density at radius 2 is 1.65 bits per heavy atom. The predicted molar refractivity (Wildman–Crippen MR) is 300 cm³/mol. The Morgan fingerprint density at radius 3 is 2.38 bits per heavy atom. The summed E-state index contributed by atoms with van der Waals surface area (Å²) in [4.78, 5) is 52.1. The molecule has 5 aliphatic rings. The molecule has 2 amide bonds. The Labute approximate surface area is 456 Å². The van der Waals surface area contributed by atoms with Crippen LogP contribution in [0.4, 0.5) is 11.6 Å². The van der Waals surface area contributed by atoms with Gasteiger partial charge in [0.25, 0.3) is 0 Å². The van der Waals surface area contributed by atoms with Crippen LogP contribution in [0.25, 0.3) is 27.5 Å². The summed E-state index contributed by atoms with van der Waals surface area (Å²) in [5.74, 6) is 9.56. The normalized spacial score (nSPS) is 22.0. The monoisotopic (exact) mass is 1060 g/mol. The second-order valence-electron chi connectivity index (χ2n) is 22.8. The van der Waals surface area contributed by atoms with E-state index in [-0.39, 0.29) is 29.5 Å². The number of fused-ring (bicyclic) bond motifs is 1. The predicted octanol–water partition coefficient (Wildman–Crippen LogP) is 9.09. The van der Waals surface area contributed by atoms with Crippen molar-refractivity contribution in [3.8, 4) is 39.3 Å². The van der Waals surface area contributed by atoms with Crippen LogP contribution in [0.3, 0.4) is 0 Å². The largest absolute Gasteiger partial charge is 0.507 e. The lowest BCUT2D eigenvalue weighted by atomic mass is 9.84. The Morgan fingerprint density at radius 1 is 0.896 bits per heavy atom. The number of hydrogen-bond acceptors (Lipinski definition) is 14. The number of carbonyl (C=O) groups is 2. The standard InChI is InChI=1S/C60H75N11O5S/c1-38(2)55(59(74)71-24-8-12-51(71)58(73)63-39(3)43-14-16-44(17-15-43)56-40(4)62-37-77-56)53-33-54(66-76-53)69-29-20-42(21-30-69)34-67-25-22-47(23-26-67)75-48-31-46(32-48)68-27-18-41(19-28-68)9-7-10-45-35-70-36-50(64-60(70)65-57(45)61)49-11-5-6-13-52(49)72/h5-6,11,13-17,33,35-39,41-42,46-48,51,55,72H,8-9,12,18-32,34H2,1-4H3,(H,63,73)(H2,61,64,65). The van der Waals surface area contributed by atoms with Gasteiger partial charge in [0.15, 0.2) is 11.6 Å². The lowest BCUT2D eigenvalue weighted by Crippen LogP contribution is -2.52. The van der Waals surface area contributed by atoms with E-state index in [0.717, 1.165) is 138 Å². The maximum Gasteiger partial charge on any atom is 0.243 e. The molecule has 1 saturated carbocycles. The number of nitrogen functional groups attached to an aromatic ring is 1. The molecule has 6 aromatic rings. The number of phenolic OH excluding ortho intramolecular Hbond substituents is 1. The molecule has 0 bridgehead atoms. The van der Waals surface area contributed by atoms with E-state index in [2.05, 4.69) is 76.2 Å². The van der Waals surface area contributed by atoms with Gasteiger partial charge in [-0.3, -0.25) is 14.0 Å². The Balaban J connectivity index is 0.574. The highest BCUT2D eigenvalue weighted by Crippen LogP contribution is 2.37. The lowest BCUT2D eigenvalue weighted by molar-refractivity contribution is -0.141. The number of aromatic nitrogens is 5. The molecule has 4 aliphatic heterocycles. The van der Waals surface area contributed by atoms with E-state index < -0.39 is 12.0 Å². The highest BCUT2D eigenvalue weighted by atomic mass is 32.1. The smallest absolute Gasteiger partial charge is 0.243 e. The van der Waals surface area contributed by atoms with Gasteiger partial charge in [-0.15, -0.1) is 11.3 Å². The fourth-order valence-electron chi connectivity index (χ4n) is 12.5. The average molecular weight is 1060 g/mol. The Bertz CT molecular complexity index is 3060. The molecule has 3 unspecified atom stereocenters. The molecule has 406 valence electrons. The molecule has 4 aromatic heterocycles. The first-order valence-electron chi connectivity index (χ1n) is 28.3. The fraction of sp³-hybridized carbons (Fsp3) is 0.533. The topological polar surface area (TPSA) is 184 Å². The van der Waals surface area contributed by atoms with Crippen molar-refractivity contribution < 1.29 is 24.0 Å². The van der Waals surface area contributed by atoms with Gasteiger partial charge in [-0.1, -0.05) is 67.2 Å². The van der Waals surface area contributed by atoms with Gasteiger partial charge in [0, 0.05) is 75.8 Å². The molecule has 1 aliphatic carbocycles. The summed E-state index contributed by atoms with van der Waals surface area (Å²) in [5, 5.41) is 18.0. The molecule has 0 radical (unpaired) electrons. The van der Waals surface area contributed by atoms with E-state index in [1.54, 1.807) is 28.4 Å². The summed E-state index contributed by atoms with van der Waals surface area (Å²) in [6.07, 6.45) is 15.7. The molecule has 3 atom stereocenters. The van der Waals surface area contributed by atoms with Crippen molar-refractivity contribution in [1.29, 1.82) is 0 Å². The number of phenols is 1. The Kier molecular flexibility index (Phi) is 16.0. The van der Waals surface area contributed by atoms with Crippen molar-refractivity contribution in [2.45, 2.75) is 135 Å². The van der Waals surface area contributed by atoms with Crippen LogP contribution in [-0.4, -0.2) is 133 Å². The molecule has 4 N–H and O–H groups in total. The van der Waals surface area contributed by atoms with E-state index in [0.29, 0.717) is 77.2 Å². The minimum absolute atomic E-state index is 0.0297. The van der Waals surface area contributed by atoms with Crippen LogP contribution in [0.1, 0.15) is 126 Å². The number of carbonyl (C=O) groups excluding carboxylic acids is 2. The number of nitrogens with zero attached hydrogens (tertiary/aromatic N) is 9. The molecular formula is C60H75N11O5S. The van der Waals surface area contributed by atoms with Gasteiger partial charge in [-0.2, -0.15) is 4.98 Å². The number of nitrogens with one attached hydrogen (secondary N) is 1. The van der Waals surface area contributed by atoms with Crippen molar-refractivity contribution in [3.05, 3.63) is 95.1 Å². The van der Waals surface area contributed by atoms with E-state index in [1.165, 1.54) is 0 Å². The van der Waals surface area contributed by atoms with Crippen LogP contribution in [0.2, 0.25) is 0 Å². The van der Waals surface area contributed by atoms with Gasteiger partial charge in [0.1, 0.15) is 23.5 Å². The third-order valence-electron chi connectivity index (χ3n) is 17.3. The first-order chi connectivity index (χ1) is 37.4. The number of amides is 2. The number of benzene rings is 2. The van der Waals surface area contributed by atoms with Crippen molar-refractivity contribution in [2.24, 2.45) is 17.8 Å². The summed E-state index contributed by atoms with van der Waals surface area (Å²) in [7, 11) is 0. The van der Waals surface area contributed by atoms with Crippen LogP contribution >= 0.6 is 11.3 Å². The second-order valence-corrected chi connectivity index (χ2v) is 23.7. The van der Waals surface area contributed by atoms with Gasteiger partial charge in [-0.05, 0) is 132 Å². The van der Waals surface area contributed by atoms with E-state index >= 15 is 0 Å². The third kappa shape index (κ3) is 11.9. The number of piperidine rings is 3. The zero-order valence-electron chi connectivity index (χ0n) is 45.2. The molecule has 5 fully saturated rings. The molecule has 4 saturated heterocycles. The fourth-order valence-corrected chi connectivity index (χ4v) is 13.3. The summed E-state index contributed by atoms with van der Waals surface area (Å²) in [6.45, 7) is 16.0. The molecule has 8 heterocycles. The maximum absolute atomic E-state index is 14.4. The number of anilines is 2. The van der Waals surface area contributed by atoms with Gasteiger partial charge >= 0.3 is 0 Å². The zero-order valence-corrected chi connectivity index (χ0v) is 46.0. The van der Waals surface area contributed by atoms with Crippen LogP contribution in [0.15, 0.2) is 77.0 Å². The lowest BCUT2D eigenvalue weighted by Gasteiger charge is -2.47.